The number of rotatable bonds is 3. The highest BCUT2D eigenvalue weighted by Crippen LogP contribution is 2.32. The predicted molar refractivity (Wildman–Crippen MR) is 71.1 cm³/mol. The maximum atomic E-state index is 8.67. The van der Waals surface area contributed by atoms with E-state index in [9.17, 15) is 0 Å². The number of aromatic nitrogens is 1. The van der Waals surface area contributed by atoms with E-state index in [1.807, 2.05) is 24.3 Å². The second-order valence-electron chi connectivity index (χ2n) is 3.30. The topological polar surface area (TPSA) is 45.9 Å². The summed E-state index contributed by atoms with van der Waals surface area (Å²) in [4.78, 5) is 4.43. The molecule has 0 aliphatic carbocycles. The molecule has 2 rings (SSSR count). The predicted octanol–water partition coefficient (Wildman–Crippen LogP) is 3.65. The Hall–Kier alpha value is -1.38. The van der Waals surface area contributed by atoms with E-state index in [-0.39, 0.29) is 0 Å². The summed E-state index contributed by atoms with van der Waals surface area (Å²) in [6, 6.07) is 9.81. The van der Waals surface area contributed by atoms with E-state index in [4.69, 9.17) is 10.00 Å². The van der Waals surface area contributed by atoms with E-state index in [0.717, 1.165) is 25.8 Å². The van der Waals surface area contributed by atoms with Gasteiger partial charge in [-0.1, -0.05) is 0 Å². The van der Waals surface area contributed by atoms with Crippen molar-refractivity contribution < 1.29 is 4.74 Å². The highest BCUT2D eigenvalue weighted by molar-refractivity contribution is 9.11. The van der Waals surface area contributed by atoms with Crippen LogP contribution in [0.4, 0.5) is 0 Å². The lowest BCUT2D eigenvalue weighted by Gasteiger charge is -1.99. The third-order valence-corrected chi connectivity index (χ3v) is 4.11. The van der Waals surface area contributed by atoms with Gasteiger partial charge in [0.2, 0.25) is 0 Å². The number of nitriles is 1. The lowest BCUT2D eigenvalue weighted by molar-refractivity contribution is 0.415. The molecule has 0 fully saturated rings. The van der Waals surface area contributed by atoms with Gasteiger partial charge in [-0.15, -0.1) is 11.3 Å². The number of methoxy groups -OCH3 is 1. The molecule has 1 heterocycles. The average Bonchev–Trinajstić information content (AvgIpc) is 2.72. The number of benzene rings is 1. The standard InChI is InChI=1S/C12H9BrN2OS/c1-16-9-4-2-8(3-5-9)12-15-10(6-7-14)11(13)17-12/h2-5H,6H2,1H3. The molecular weight excluding hydrogens is 300 g/mol. The van der Waals surface area contributed by atoms with Crippen LogP contribution in [0.15, 0.2) is 28.1 Å². The van der Waals surface area contributed by atoms with E-state index in [1.165, 1.54) is 11.3 Å². The van der Waals surface area contributed by atoms with Crippen molar-refractivity contribution in [3.05, 3.63) is 33.7 Å². The minimum absolute atomic E-state index is 0.327. The zero-order valence-corrected chi connectivity index (χ0v) is 11.5. The van der Waals surface area contributed by atoms with Crippen LogP contribution < -0.4 is 4.74 Å². The molecule has 0 radical (unpaired) electrons. The molecule has 17 heavy (non-hydrogen) atoms. The van der Waals surface area contributed by atoms with Gasteiger partial charge in [-0.05, 0) is 40.2 Å². The van der Waals surface area contributed by atoms with Crippen LogP contribution in [-0.2, 0) is 6.42 Å². The first kappa shape index (κ1) is 12.1. The van der Waals surface area contributed by atoms with Gasteiger partial charge in [0.25, 0.3) is 0 Å². The summed E-state index contributed by atoms with van der Waals surface area (Å²) in [5.74, 6) is 0.821. The van der Waals surface area contributed by atoms with E-state index in [1.54, 1.807) is 7.11 Å². The molecule has 5 heteroatoms. The monoisotopic (exact) mass is 308 g/mol. The van der Waals surface area contributed by atoms with Gasteiger partial charge in [-0.2, -0.15) is 5.26 Å². The van der Waals surface area contributed by atoms with Crippen LogP contribution in [0.1, 0.15) is 5.69 Å². The third-order valence-electron chi connectivity index (χ3n) is 2.23. The smallest absolute Gasteiger partial charge is 0.124 e. The van der Waals surface area contributed by atoms with E-state index >= 15 is 0 Å². The Morgan fingerprint density at radius 2 is 2.12 bits per heavy atom. The van der Waals surface area contributed by atoms with Crippen LogP contribution in [0.5, 0.6) is 5.75 Å². The quantitative estimate of drug-likeness (QED) is 0.869. The minimum atomic E-state index is 0.327. The summed E-state index contributed by atoms with van der Waals surface area (Å²) < 4.78 is 6.02. The molecule has 0 amide bonds. The van der Waals surface area contributed by atoms with Crippen LogP contribution in [-0.4, -0.2) is 12.1 Å². The second-order valence-corrected chi connectivity index (χ2v) is 5.62. The molecule has 1 aromatic heterocycles. The maximum absolute atomic E-state index is 8.67. The first-order valence-electron chi connectivity index (χ1n) is 4.91. The molecule has 0 saturated carbocycles. The van der Waals surface area contributed by atoms with Crippen molar-refractivity contribution >= 4 is 27.3 Å². The first-order chi connectivity index (χ1) is 8.24. The molecule has 0 bridgehead atoms. The fourth-order valence-corrected chi connectivity index (χ4v) is 2.88. The Morgan fingerprint density at radius 1 is 1.41 bits per heavy atom. The van der Waals surface area contributed by atoms with Crippen LogP contribution in [0, 0.1) is 11.3 Å². The SMILES string of the molecule is COc1ccc(-c2nc(CC#N)c(Br)s2)cc1. The highest BCUT2D eigenvalue weighted by Gasteiger charge is 2.10. The Morgan fingerprint density at radius 3 is 2.71 bits per heavy atom. The van der Waals surface area contributed by atoms with Gasteiger partial charge < -0.3 is 4.74 Å². The lowest BCUT2D eigenvalue weighted by atomic mass is 10.2. The Balaban J connectivity index is 2.33. The normalized spacial score (nSPS) is 9.94. The molecule has 0 aliphatic heterocycles. The van der Waals surface area contributed by atoms with Crippen LogP contribution in [0.2, 0.25) is 0 Å². The van der Waals surface area contributed by atoms with Gasteiger partial charge >= 0.3 is 0 Å². The first-order valence-corrected chi connectivity index (χ1v) is 6.52. The molecule has 0 N–H and O–H groups in total. The second kappa shape index (κ2) is 5.30. The van der Waals surface area contributed by atoms with Gasteiger partial charge in [0, 0.05) is 5.56 Å². The molecule has 2 aromatic rings. The zero-order valence-electron chi connectivity index (χ0n) is 9.11. The zero-order chi connectivity index (χ0) is 12.3. The Kier molecular flexibility index (Phi) is 3.77. The summed E-state index contributed by atoms with van der Waals surface area (Å²) in [6.45, 7) is 0. The molecular formula is C12H9BrN2OS. The average molecular weight is 309 g/mol. The van der Waals surface area contributed by atoms with Crippen molar-refractivity contribution in [1.29, 1.82) is 5.26 Å². The third kappa shape index (κ3) is 2.65. The van der Waals surface area contributed by atoms with Crippen LogP contribution >= 0.6 is 27.3 Å². The molecule has 0 atom stereocenters. The summed E-state index contributed by atoms with van der Waals surface area (Å²) in [5, 5.41) is 9.58. The summed E-state index contributed by atoms with van der Waals surface area (Å²) in [6.07, 6.45) is 0.327. The molecule has 0 saturated heterocycles. The molecule has 0 aliphatic rings. The van der Waals surface area contributed by atoms with Gasteiger partial charge in [0.05, 0.1) is 29.1 Å². The molecule has 86 valence electrons. The number of thiazole rings is 1. The van der Waals surface area contributed by atoms with E-state index in [2.05, 4.69) is 27.0 Å². The number of ether oxygens (including phenoxy) is 1. The summed E-state index contributed by atoms with van der Waals surface area (Å²) in [7, 11) is 1.64. The van der Waals surface area contributed by atoms with Crippen LogP contribution in [0.25, 0.3) is 10.6 Å². The molecule has 0 spiro atoms. The van der Waals surface area contributed by atoms with E-state index < -0.39 is 0 Å². The summed E-state index contributed by atoms with van der Waals surface area (Å²) in [5.41, 5.74) is 1.82. The van der Waals surface area contributed by atoms with Crippen molar-refractivity contribution in [1.82, 2.24) is 4.98 Å². The molecule has 1 aromatic carbocycles. The lowest BCUT2D eigenvalue weighted by Crippen LogP contribution is -1.84. The Bertz CT molecular complexity index is 557. The Labute approximate surface area is 112 Å². The molecule has 0 unspecified atom stereocenters. The van der Waals surface area contributed by atoms with Crippen molar-refractivity contribution in [2.45, 2.75) is 6.42 Å². The fraction of sp³-hybridized carbons (Fsp3) is 0.167. The van der Waals surface area contributed by atoms with Crippen molar-refractivity contribution in [2.75, 3.05) is 7.11 Å². The minimum Gasteiger partial charge on any atom is -0.497 e. The number of halogens is 1. The number of hydrogen-bond donors (Lipinski definition) is 0. The van der Waals surface area contributed by atoms with Crippen LogP contribution in [0.3, 0.4) is 0 Å². The largest absolute Gasteiger partial charge is 0.497 e. The maximum Gasteiger partial charge on any atom is 0.124 e. The van der Waals surface area contributed by atoms with Gasteiger partial charge in [0.15, 0.2) is 0 Å². The number of nitrogens with zero attached hydrogens (tertiary/aromatic N) is 2. The number of hydrogen-bond acceptors (Lipinski definition) is 4. The fourth-order valence-electron chi connectivity index (χ4n) is 1.37. The van der Waals surface area contributed by atoms with Crippen molar-refractivity contribution in [3.63, 3.8) is 0 Å². The van der Waals surface area contributed by atoms with E-state index in [0.29, 0.717) is 6.42 Å². The van der Waals surface area contributed by atoms with Gasteiger partial charge in [-0.3, -0.25) is 0 Å². The van der Waals surface area contributed by atoms with Crippen molar-refractivity contribution in [3.8, 4) is 22.4 Å². The molecule has 3 nitrogen and oxygen atoms in total. The highest BCUT2D eigenvalue weighted by atomic mass is 79.9. The van der Waals surface area contributed by atoms with Crippen molar-refractivity contribution in [2.24, 2.45) is 0 Å². The summed E-state index contributed by atoms with van der Waals surface area (Å²) >= 11 is 4.96. The van der Waals surface area contributed by atoms with Gasteiger partial charge in [-0.25, -0.2) is 4.98 Å². The van der Waals surface area contributed by atoms with Gasteiger partial charge in [0.1, 0.15) is 10.8 Å².